The van der Waals surface area contributed by atoms with Crippen LogP contribution in [0, 0.1) is 38.9 Å². The van der Waals surface area contributed by atoms with Gasteiger partial charge in [0.25, 0.3) is 5.85 Å². The molecule has 3 atom stereocenters. The number of hydrogen-bond donors (Lipinski definition) is 0. The minimum absolute atomic E-state index is 0.195. The molecular formula is C61H86Br2N2O11. The van der Waals surface area contributed by atoms with E-state index in [0.717, 1.165) is 47.7 Å². The zero-order valence-corrected chi connectivity index (χ0v) is 51.8. The topological polar surface area (TPSA) is 156 Å². The molecule has 3 aromatic rings. The molecule has 0 bridgehead atoms. The number of alkyl halides is 2. The first kappa shape index (κ1) is 62.3. The van der Waals surface area contributed by atoms with Crippen LogP contribution in [0.5, 0.6) is 11.5 Å². The average molecular weight is 1180 g/mol. The van der Waals surface area contributed by atoms with Crippen LogP contribution in [0.3, 0.4) is 0 Å². The second-order valence-electron chi connectivity index (χ2n) is 25.3. The molecular weight excluding hydrogens is 1100 g/mol. The number of para-hydroxylation sites is 1. The number of ether oxygens (including phenoxy) is 6. The van der Waals surface area contributed by atoms with Crippen LogP contribution in [-0.2, 0) is 48.3 Å². The van der Waals surface area contributed by atoms with Gasteiger partial charge >= 0.3 is 29.8 Å². The van der Waals surface area contributed by atoms with Gasteiger partial charge in [-0.05, 0) is 153 Å². The summed E-state index contributed by atoms with van der Waals surface area (Å²) in [6.45, 7) is 31.7. The largest absolute Gasteiger partial charge is 0.465 e. The summed E-state index contributed by atoms with van der Waals surface area (Å²) in [5.74, 6) is -4.25. The summed E-state index contributed by atoms with van der Waals surface area (Å²) >= 11 is 7.42. The van der Waals surface area contributed by atoms with Crippen molar-refractivity contribution >= 4 is 84.4 Å². The van der Waals surface area contributed by atoms with Crippen LogP contribution in [0.1, 0.15) is 167 Å². The fourth-order valence-corrected chi connectivity index (χ4v) is 10.4. The van der Waals surface area contributed by atoms with Gasteiger partial charge in [0.15, 0.2) is 0 Å². The predicted molar refractivity (Wildman–Crippen MR) is 308 cm³/mol. The van der Waals surface area contributed by atoms with Crippen molar-refractivity contribution in [3.63, 3.8) is 0 Å². The first-order chi connectivity index (χ1) is 35.0. The highest BCUT2D eigenvalue weighted by Gasteiger charge is 2.60. The van der Waals surface area contributed by atoms with Crippen molar-refractivity contribution in [3.05, 3.63) is 65.7 Å². The van der Waals surface area contributed by atoms with E-state index >= 15 is 0 Å². The lowest BCUT2D eigenvalue weighted by atomic mass is 9.62. The van der Waals surface area contributed by atoms with Crippen molar-refractivity contribution in [1.82, 2.24) is 0 Å². The molecule has 0 saturated heterocycles. The van der Waals surface area contributed by atoms with Gasteiger partial charge in [-0.2, -0.15) is 0 Å². The van der Waals surface area contributed by atoms with E-state index in [4.69, 9.17) is 33.4 Å². The molecule has 0 N–H and O–H groups in total. The number of hydrogen-bond acceptors (Lipinski definition) is 13. The molecule has 5 rings (SSSR count). The lowest BCUT2D eigenvalue weighted by Crippen LogP contribution is -2.58. The molecule has 3 aromatic carbocycles. The fourth-order valence-electron chi connectivity index (χ4n) is 9.75. The van der Waals surface area contributed by atoms with Crippen LogP contribution >= 0.6 is 31.9 Å². The van der Waals surface area contributed by atoms with Crippen LogP contribution in [0.25, 0.3) is 10.8 Å². The van der Waals surface area contributed by atoms with Gasteiger partial charge in [0.05, 0.1) is 41.3 Å². The number of likely N-dealkylation sites (N-methyl/N-ethyl adjacent to an activating group) is 1. The van der Waals surface area contributed by atoms with Crippen molar-refractivity contribution in [2.45, 2.75) is 176 Å². The van der Waals surface area contributed by atoms with Gasteiger partial charge in [-0.15, -0.1) is 0 Å². The van der Waals surface area contributed by atoms with Crippen molar-refractivity contribution < 1.29 is 52.4 Å². The number of rotatable bonds is 24. The average Bonchev–Trinajstić information content (AvgIpc) is 3.49. The SMILES string of the molecule is CCCCOC(=O)C(CC(C)(C)C(C)(C)C(=O)OCC(C)(COC(=O)C(C)(C)C(C)(C)CC(C(=O)OCCCC)C(C)(C)Br)C(=O)Oc1ccc2ccc3c(c2c1)C=NC1(O3)N(C)c2ccccc2C1(C)C)C(C)(C)Br. The smallest absolute Gasteiger partial charge is 0.324 e. The van der Waals surface area contributed by atoms with E-state index in [1.165, 1.54) is 6.92 Å². The Hall–Kier alpha value is -4.50. The maximum atomic E-state index is 14.9. The molecule has 76 heavy (non-hydrogen) atoms. The van der Waals surface area contributed by atoms with Gasteiger partial charge in [-0.25, -0.2) is 4.99 Å². The van der Waals surface area contributed by atoms with Gasteiger partial charge in [0.1, 0.15) is 30.1 Å². The molecule has 0 amide bonds. The standard InChI is InChI=1S/C61H86Br2N2O11/c1-19-21-31-71-48(66)44(58(13,14)62)34-53(3,4)56(9,10)50(68)73-37-60(17,38-74-51(69)57(11,12)54(5,6)35-45(59(15,16)63)49(67)72-32-22-20-2)52(70)75-40-29-27-39-28-30-47-42(41(39)33-40)36-64-61(76-47)55(7,8)43-25-23-24-26-46(43)65(61)18/h23-30,33,36,44-45H,19-22,31-32,34-35,37-38H2,1-18H3. The molecule has 15 heteroatoms. The van der Waals surface area contributed by atoms with Crippen LogP contribution < -0.4 is 14.4 Å². The summed E-state index contributed by atoms with van der Waals surface area (Å²) in [5, 5.41) is 1.58. The maximum Gasteiger partial charge on any atom is 0.324 e. The fraction of sp³-hybridized carbons (Fsp3) is 0.639. The summed E-state index contributed by atoms with van der Waals surface area (Å²) < 4.78 is 35.5. The number of carbonyl (C=O) groups excluding carboxylic acids is 5. The van der Waals surface area contributed by atoms with E-state index in [1.54, 1.807) is 39.8 Å². The van der Waals surface area contributed by atoms with E-state index in [2.05, 4.69) is 62.7 Å². The summed E-state index contributed by atoms with van der Waals surface area (Å²) in [4.78, 5) is 78.1. The van der Waals surface area contributed by atoms with E-state index < -0.39 is 89.9 Å². The van der Waals surface area contributed by atoms with Crippen LogP contribution in [0.4, 0.5) is 5.69 Å². The third-order valence-electron chi connectivity index (χ3n) is 17.1. The number of fused-ring (bicyclic) bond motifs is 4. The Labute approximate surface area is 469 Å². The molecule has 13 nitrogen and oxygen atoms in total. The number of esters is 5. The quantitative estimate of drug-likeness (QED) is 0.0275. The second-order valence-corrected chi connectivity index (χ2v) is 29.4. The number of nitrogens with zero attached hydrogens (tertiary/aromatic N) is 2. The molecule has 0 radical (unpaired) electrons. The molecule has 420 valence electrons. The number of anilines is 1. The molecule has 2 aliphatic heterocycles. The van der Waals surface area contributed by atoms with Crippen LogP contribution in [-0.4, -0.2) is 84.0 Å². The Morgan fingerprint density at radius 2 is 1.13 bits per heavy atom. The first-order valence-corrected chi connectivity index (χ1v) is 28.5. The normalized spacial score (nSPS) is 18.2. The Bertz CT molecular complexity index is 2580. The number of carbonyl (C=O) groups is 5. The summed E-state index contributed by atoms with van der Waals surface area (Å²) in [7, 11) is 1.98. The molecule has 0 fully saturated rings. The second kappa shape index (κ2) is 23.1. The lowest BCUT2D eigenvalue weighted by Gasteiger charge is -2.44. The van der Waals surface area contributed by atoms with E-state index in [0.29, 0.717) is 24.5 Å². The minimum Gasteiger partial charge on any atom is -0.465 e. The Morgan fingerprint density at radius 3 is 1.59 bits per heavy atom. The van der Waals surface area contributed by atoms with Crippen molar-refractivity contribution in [2.75, 3.05) is 38.4 Å². The third kappa shape index (κ3) is 12.7. The molecule has 0 aliphatic carbocycles. The van der Waals surface area contributed by atoms with Gasteiger partial charge in [0.2, 0.25) is 0 Å². The van der Waals surface area contributed by atoms with Crippen LogP contribution in [0.15, 0.2) is 59.6 Å². The molecule has 2 heterocycles. The monoisotopic (exact) mass is 1180 g/mol. The Morgan fingerprint density at radius 1 is 0.658 bits per heavy atom. The summed E-state index contributed by atoms with van der Waals surface area (Å²) in [5.41, 5.74) is -3.49. The van der Waals surface area contributed by atoms with Crippen LogP contribution in [0.2, 0.25) is 0 Å². The van der Waals surface area contributed by atoms with Crippen molar-refractivity contribution in [3.8, 4) is 11.5 Å². The first-order valence-electron chi connectivity index (χ1n) is 26.9. The lowest BCUT2D eigenvalue weighted by molar-refractivity contribution is -0.178. The van der Waals surface area contributed by atoms with Gasteiger partial charge < -0.3 is 33.3 Å². The Kier molecular flexibility index (Phi) is 18.9. The highest BCUT2D eigenvalue weighted by Crippen LogP contribution is 2.55. The third-order valence-corrected chi connectivity index (χ3v) is 18.2. The van der Waals surface area contributed by atoms with E-state index in [-0.39, 0.29) is 30.5 Å². The summed E-state index contributed by atoms with van der Waals surface area (Å²) in [6.07, 6.45) is 5.58. The molecule has 0 saturated carbocycles. The van der Waals surface area contributed by atoms with Crippen molar-refractivity contribution in [1.29, 1.82) is 0 Å². The Balaban J connectivity index is 1.46. The highest BCUT2D eigenvalue weighted by atomic mass is 79.9. The summed E-state index contributed by atoms with van der Waals surface area (Å²) in [6, 6.07) is 17.3. The van der Waals surface area contributed by atoms with Crippen molar-refractivity contribution in [2.24, 2.45) is 43.9 Å². The molecule has 1 spiro atoms. The minimum atomic E-state index is -1.74. The number of benzene rings is 3. The van der Waals surface area contributed by atoms with E-state index in [9.17, 15) is 24.0 Å². The number of halogens is 2. The molecule has 2 aliphatic rings. The molecule has 0 aromatic heterocycles. The zero-order valence-electron chi connectivity index (χ0n) is 48.6. The van der Waals surface area contributed by atoms with Gasteiger partial charge in [0, 0.05) is 33.2 Å². The number of unbranched alkanes of at least 4 members (excludes halogenated alkanes) is 2. The maximum absolute atomic E-state index is 14.9. The molecule has 3 unspecified atom stereocenters. The van der Waals surface area contributed by atoms with Gasteiger partial charge in [-0.3, -0.25) is 24.0 Å². The zero-order chi connectivity index (χ0) is 57.3. The van der Waals surface area contributed by atoms with Gasteiger partial charge in [-0.1, -0.05) is 117 Å². The number of aliphatic imine (C=N–C) groups is 1. The highest BCUT2D eigenvalue weighted by molar-refractivity contribution is 9.10. The predicted octanol–water partition coefficient (Wildman–Crippen LogP) is 13.9. The van der Waals surface area contributed by atoms with E-state index in [1.807, 2.05) is 113 Å².